The van der Waals surface area contributed by atoms with Gasteiger partial charge in [0.05, 0.1) is 18.1 Å². The minimum Gasteiger partial charge on any atom is -0.368 e. The first-order valence-electron chi connectivity index (χ1n) is 8.63. The average Bonchev–Trinajstić information content (AvgIpc) is 2.82. The average molecular weight is 320 g/mol. The molecular formula is C17H25FN4O. The zero-order chi connectivity index (χ0) is 16.1. The number of urea groups is 1. The van der Waals surface area contributed by atoms with Crippen molar-refractivity contribution in [2.75, 3.05) is 31.1 Å². The van der Waals surface area contributed by atoms with Crippen LogP contribution in [0.1, 0.15) is 38.5 Å². The first kappa shape index (κ1) is 16.0. The summed E-state index contributed by atoms with van der Waals surface area (Å²) in [5.41, 5.74) is 0.791. The van der Waals surface area contributed by atoms with Crippen LogP contribution < -0.4 is 10.2 Å². The first-order chi connectivity index (χ1) is 11.2. The van der Waals surface area contributed by atoms with Crippen LogP contribution in [0.3, 0.4) is 0 Å². The summed E-state index contributed by atoms with van der Waals surface area (Å²) in [6.07, 6.45) is 9.69. The summed E-state index contributed by atoms with van der Waals surface area (Å²) >= 11 is 0. The SMILES string of the molecule is O=C(NC1CCCCC1)N1CCCN(c2cncc(F)c2)CC1. The van der Waals surface area contributed by atoms with E-state index in [0.717, 1.165) is 38.0 Å². The van der Waals surface area contributed by atoms with E-state index in [-0.39, 0.29) is 11.8 Å². The number of anilines is 1. The molecule has 2 aliphatic rings. The van der Waals surface area contributed by atoms with Crippen molar-refractivity contribution in [1.29, 1.82) is 0 Å². The summed E-state index contributed by atoms with van der Waals surface area (Å²) in [5, 5.41) is 3.18. The highest BCUT2D eigenvalue weighted by atomic mass is 19.1. The van der Waals surface area contributed by atoms with E-state index in [2.05, 4.69) is 15.2 Å². The second-order valence-electron chi connectivity index (χ2n) is 6.47. The lowest BCUT2D eigenvalue weighted by atomic mass is 9.96. The van der Waals surface area contributed by atoms with Gasteiger partial charge in [-0.2, -0.15) is 0 Å². The first-order valence-corrected chi connectivity index (χ1v) is 8.63. The van der Waals surface area contributed by atoms with Gasteiger partial charge in [0, 0.05) is 38.3 Å². The van der Waals surface area contributed by atoms with Crippen molar-refractivity contribution in [1.82, 2.24) is 15.2 Å². The molecule has 0 radical (unpaired) electrons. The van der Waals surface area contributed by atoms with Gasteiger partial charge in [0.1, 0.15) is 5.82 Å². The van der Waals surface area contributed by atoms with Crippen LogP contribution in [0.2, 0.25) is 0 Å². The van der Waals surface area contributed by atoms with Gasteiger partial charge in [-0.05, 0) is 19.3 Å². The second-order valence-corrected chi connectivity index (χ2v) is 6.47. The smallest absolute Gasteiger partial charge is 0.317 e. The van der Waals surface area contributed by atoms with E-state index in [1.54, 1.807) is 6.20 Å². The molecule has 0 unspecified atom stereocenters. The van der Waals surface area contributed by atoms with E-state index in [0.29, 0.717) is 19.1 Å². The predicted molar refractivity (Wildman–Crippen MR) is 88.0 cm³/mol. The summed E-state index contributed by atoms with van der Waals surface area (Å²) in [6, 6.07) is 1.89. The van der Waals surface area contributed by atoms with Gasteiger partial charge in [-0.1, -0.05) is 19.3 Å². The molecule has 1 N–H and O–H groups in total. The van der Waals surface area contributed by atoms with Gasteiger partial charge in [0.2, 0.25) is 0 Å². The van der Waals surface area contributed by atoms with Crippen LogP contribution in [-0.4, -0.2) is 48.1 Å². The zero-order valence-electron chi connectivity index (χ0n) is 13.5. The molecule has 0 aromatic carbocycles. The molecule has 0 bridgehead atoms. The number of carbonyl (C=O) groups is 1. The number of halogens is 1. The number of aromatic nitrogens is 1. The van der Waals surface area contributed by atoms with E-state index in [9.17, 15) is 9.18 Å². The number of rotatable bonds is 2. The molecule has 6 heteroatoms. The van der Waals surface area contributed by atoms with Crippen LogP contribution in [0.4, 0.5) is 14.9 Å². The van der Waals surface area contributed by atoms with Crippen molar-refractivity contribution in [3.8, 4) is 0 Å². The fraction of sp³-hybridized carbons (Fsp3) is 0.647. The molecule has 1 aliphatic carbocycles. The molecule has 126 valence electrons. The number of nitrogens with one attached hydrogen (secondary N) is 1. The molecule has 1 aliphatic heterocycles. The van der Waals surface area contributed by atoms with Crippen molar-refractivity contribution >= 4 is 11.7 Å². The van der Waals surface area contributed by atoms with Gasteiger partial charge < -0.3 is 15.1 Å². The molecule has 1 aromatic rings. The van der Waals surface area contributed by atoms with Crippen LogP contribution in [0.15, 0.2) is 18.5 Å². The topological polar surface area (TPSA) is 48.5 Å². The van der Waals surface area contributed by atoms with Crippen LogP contribution in [0, 0.1) is 5.82 Å². The summed E-state index contributed by atoms with van der Waals surface area (Å²) in [6.45, 7) is 2.94. The Morgan fingerprint density at radius 1 is 1.09 bits per heavy atom. The number of amides is 2. The van der Waals surface area contributed by atoms with Crippen LogP contribution in [-0.2, 0) is 0 Å². The quantitative estimate of drug-likeness (QED) is 0.911. The summed E-state index contributed by atoms with van der Waals surface area (Å²) in [5.74, 6) is -0.321. The molecule has 2 amide bonds. The van der Waals surface area contributed by atoms with Gasteiger partial charge >= 0.3 is 6.03 Å². The predicted octanol–water partition coefficient (Wildman–Crippen LogP) is 2.78. The van der Waals surface area contributed by atoms with Crippen molar-refractivity contribution in [2.24, 2.45) is 0 Å². The maximum Gasteiger partial charge on any atom is 0.317 e. The molecule has 2 fully saturated rings. The standard InChI is InChI=1S/C17H25FN4O/c18-14-11-16(13-19-12-14)21-7-4-8-22(10-9-21)17(23)20-15-5-2-1-3-6-15/h11-13,15H,1-10H2,(H,20,23). The molecule has 1 saturated carbocycles. The van der Waals surface area contributed by atoms with Gasteiger partial charge in [0.15, 0.2) is 0 Å². The lowest BCUT2D eigenvalue weighted by Gasteiger charge is -2.28. The van der Waals surface area contributed by atoms with E-state index < -0.39 is 0 Å². The highest BCUT2D eigenvalue weighted by Crippen LogP contribution is 2.19. The molecule has 1 saturated heterocycles. The number of nitrogens with zero attached hydrogens (tertiary/aromatic N) is 3. The Hall–Kier alpha value is -1.85. The Kier molecular flexibility index (Phi) is 5.31. The Labute approximate surface area is 136 Å². The van der Waals surface area contributed by atoms with Crippen LogP contribution in [0.5, 0.6) is 0 Å². The van der Waals surface area contributed by atoms with Gasteiger partial charge in [-0.25, -0.2) is 9.18 Å². The van der Waals surface area contributed by atoms with Crippen LogP contribution in [0.25, 0.3) is 0 Å². The normalized spacial score (nSPS) is 20.2. The Morgan fingerprint density at radius 2 is 1.91 bits per heavy atom. The van der Waals surface area contributed by atoms with Gasteiger partial charge in [-0.3, -0.25) is 4.98 Å². The largest absolute Gasteiger partial charge is 0.368 e. The van der Waals surface area contributed by atoms with E-state index in [1.165, 1.54) is 31.5 Å². The monoisotopic (exact) mass is 320 g/mol. The van der Waals surface area contributed by atoms with E-state index >= 15 is 0 Å². The fourth-order valence-corrected chi connectivity index (χ4v) is 3.47. The number of hydrogen-bond donors (Lipinski definition) is 1. The number of pyridine rings is 1. The summed E-state index contributed by atoms with van der Waals surface area (Å²) < 4.78 is 13.3. The molecule has 5 nitrogen and oxygen atoms in total. The maximum absolute atomic E-state index is 13.3. The Bertz CT molecular complexity index is 533. The zero-order valence-corrected chi connectivity index (χ0v) is 13.5. The van der Waals surface area contributed by atoms with E-state index in [1.807, 2.05) is 4.90 Å². The third-order valence-corrected chi connectivity index (χ3v) is 4.77. The van der Waals surface area contributed by atoms with Crippen LogP contribution >= 0.6 is 0 Å². The fourth-order valence-electron chi connectivity index (χ4n) is 3.47. The molecule has 3 rings (SSSR count). The molecular weight excluding hydrogens is 295 g/mol. The summed E-state index contributed by atoms with van der Waals surface area (Å²) in [4.78, 5) is 20.3. The third-order valence-electron chi connectivity index (χ3n) is 4.77. The molecule has 23 heavy (non-hydrogen) atoms. The number of carbonyl (C=O) groups excluding carboxylic acids is 1. The number of hydrogen-bond acceptors (Lipinski definition) is 3. The Balaban J connectivity index is 1.54. The van der Waals surface area contributed by atoms with Crippen molar-refractivity contribution in [2.45, 2.75) is 44.6 Å². The Morgan fingerprint density at radius 3 is 2.70 bits per heavy atom. The van der Waals surface area contributed by atoms with Crippen molar-refractivity contribution in [3.05, 3.63) is 24.3 Å². The third kappa shape index (κ3) is 4.33. The van der Waals surface area contributed by atoms with Gasteiger partial charge in [0.25, 0.3) is 0 Å². The highest BCUT2D eigenvalue weighted by Gasteiger charge is 2.22. The minimum absolute atomic E-state index is 0.0520. The minimum atomic E-state index is -0.321. The molecule has 2 heterocycles. The van der Waals surface area contributed by atoms with Crippen molar-refractivity contribution in [3.63, 3.8) is 0 Å². The van der Waals surface area contributed by atoms with E-state index in [4.69, 9.17) is 0 Å². The lowest BCUT2D eigenvalue weighted by Crippen LogP contribution is -2.46. The molecule has 0 spiro atoms. The summed E-state index contributed by atoms with van der Waals surface area (Å²) in [7, 11) is 0. The van der Waals surface area contributed by atoms with Gasteiger partial charge in [-0.15, -0.1) is 0 Å². The molecule has 1 aromatic heterocycles. The highest BCUT2D eigenvalue weighted by molar-refractivity contribution is 5.74. The second kappa shape index (κ2) is 7.62. The lowest BCUT2D eigenvalue weighted by molar-refractivity contribution is 0.193. The molecule has 0 atom stereocenters. The van der Waals surface area contributed by atoms with Crippen molar-refractivity contribution < 1.29 is 9.18 Å². The maximum atomic E-state index is 13.3.